The van der Waals surface area contributed by atoms with E-state index in [2.05, 4.69) is 10.2 Å². The molecule has 2 nitrogen and oxygen atoms in total. The van der Waals surface area contributed by atoms with Crippen LogP contribution in [-0.4, -0.2) is 0 Å². The van der Waals surface area contributed by atoms with E-state index in [0.717, 1.165) is 0 Å². The molecule has 0 spiro atoms. The van der Waals surface area contributed by atoms with Gasteiger partial charge in [0.1, 0.15) is 11.6 Å². The monoisotopic (exact) mass is 218 g/mol. The van der Waals surface area contributed by atoms with Crippen molar-refractivity contribution in [1.29, 1.82) is 0 Å². The van der Waals surface area contributed by atoms with Gasteiger partial charge in [0.2, 0.25) is 0 Å². The molecule has 0 amide bonds. The third kappa shape index (κ3) is 2.70. The van der Waals surface area contributed by atoms with E-state index in [1.165, 1.54) is 48.5 Å². The van der Waals surface area contributed by atoms with Gasteiger partial charge in [0.05, 0.1) is 11.4 Å². The number of benzene rings is 2. The van der Waals surface area contributed by atoms with E-state index >= 15 is 0 Å². The summed E-state index contributed by atoms with van der Waals surface area (Å²) >= 11 is 0. The van der Waals surface area contributed by atoms with Crippen LogP contribution in [0.5, 0.6) is 0 Å². The number of nitrogens with zero attached hydrogens (tertiary/aromatic N) is 2. The molecule has 16 heavy (non-hydrogen) atoms. The normalized spacial score (nSPS) is 10.9. The van der Waals surface area contributed by atoms with E-state index in [1.807, 2.05) is 0 Å². The first kappa shape index (κ1) is 10.4. The maximum atomic E-state index is 12.6. The molecule has 0 heterocycles. The molecule has 2 aromatic carbocycles. The number of rotatable bonds is 2. The van der Waals surface area contributed by atoms with Crippen molar-refractivity contribution in [2.45, 2.75) is 0 Å². The smallest absolute Gasteiger partial charge is 0.123 e. The Balaban J connectivity index is 2.15. The molecular formula is C12H8F2N2. The zero-order valence-electron chi connectivity index (χ0n) is 8.27. The molecule has 2 aromatic rings. The highest BCUT2D eigenvalue weighted by atomic mass is 19.1. The van der Waals surface area contributed by atoms with Crippen molar-refractivity contribution >= 4 is 11.4 Å². The Morgan fingerprint density at radius 3 is 1.19 bits per heavy atom. The van der Waals surface area contributed by atoms with Crippen LogP contribution < -0.4 is 0 Å². The second-order valence-corrected chi connectivity index (χ2v) is 3.15. The number of hydrogen-bond donors (Lipinski definition) is 0. The average molecular weight is 218 g/mol. The predicted octanol–water partition coefficient (Wildman–Crippen LogP) is 4.38. The summed E-state index contributed by atoms with van der Waals surface area (Å²) in [6.45, 7) is 0. The summed E-state index contributed by atoms with van der Waals surface area (Å²) < 4.78 is 25.2. The first-order valence-corrected chi connectivity index (χ1v) is 4.67. The highest BCUT2D eigenvalue weighted by Crippen LogP contribution is 2.18. The number of hydrogen-bond acceptors (Lipinski definition) is 2. The molecule has 0 aliphatic carbocycles. The molecule has 0 atom stereocenters. The fraction of sp³-hybridized carbons (Fsp3) is 0. The molecule has 0 N–H and O–H groups in total. The Morgan fingerprint density at radius 1 is 0.562 bits per heavy atom. The van der Waals surface area contributed by atoms with E-state index in [1.54, 1.807) is 0 Å². The van der Waals surface area contributed by atoms with Crippen LogP contribution in [0.3, 0.4) is 0 Å². The van der Waals surface area contributed by atoms with Crippen LogP contribution >= 0.6 is 0 Å². The van der Waals surface area contributed by atoms with Crippen molar-refractivity contribution in [3.63, 3.8) is 0 Å². The van der Waals surface area contributed by atoms with Gasteiger partial charge in [-0.15, -0.1) is 0 Å². The van der Waals surface area contributed by atoms with Crippen LogP contribution in [0, 0.1) is 11.6 Å². The van der Waals surface area contributed by atoms with E-state index in [-0.39, 0.29) is 11.6 Å². The summed E-state index contributed by atoms with van der Waals surface area (Å²) in [7, 11) is 0. The second-order valence-electron chi connectivity index (χ2n) is 3.15. The molecule has 80 valence electrons. The van der Waals surface area contributed by atoms with Crippen LogP contribution in [0.2, 0.25) is 0 Å². The van der Waals surface area contributed by atoms with Gasteiger partial charge in [-0.25, -0.2) is 8.78 Å². The lowest BCUT2D eigenvalue weighted by Gasteiger charge is -1.93. The fourth-order valence-electron chi connectivity index (χ4n) is 1.13. The van der Waals surface area contributed by atoms with Crippen molar-refractivity contribution in [2.24, 2.45) is 10.2 Å². The molecular weight excluding hydrogens is 210 g/mol. The molecule has 0 saturated carbocycles. The molecule has 0 aromatic heterocycles. The van der Waals surface area contributed by atoms with E-state index in [4.69, 9.17) is 0 Å². The molecule has 0 saturated heterocycles. The van der Waals surface area contributed by atoms with Crippen molar-refractivity contribution in [3.8, 4) is 0 Å². The molecule has 0 bridgehead atoms. The first-order chi connectivity index (χ1) is 7.74. The lowest BCUT2D eigenvalue weighted by atomic mass is 10.3. The van der Waals surface area contributed by atoms with Gasteiger partial charge in [-0.1, -0.05) is 0 Å². The highest BCUT2D eigenvalue weighted by Gasteiger charge is 1.92. The van der Waals surface area contributed by atoms with Crippen molar-refractivity contribution in [2.75, 3.05) is 0 Å². The van der Waals surface area contributed by atoms with Crippen LogP contribution in [0.4, 0.5) is 20.2 Å². The summed E-state index contributed by atoms with van der Waals surface area (Å²) in [5.74, 6) is -0.638. The number of azo groups is 1. The van der Waals surface area contributed by atoms with Gasteiger partial charge in [0.25, 0.3) is 0 Å². The van der Waals surface area contributed by atoms with E-state index in [0.29, 0.717) is 11.4 Å². The quantitative estimate of drug-likeness (QED) is 0.668. The van der Waals surface area contributed by atoms with E-state index in [9.17, 15) is 8.78 Å². The Bertz CT molecular complexity index is 442. The van der Waals surface area contributed by atoms with Gasteiger partial charge in [-0.2, -0.15) is 10.2 Å². The zero-order valence-corrected chi connectivity index (χ0v) is 8.27. The molecule has 0 unspecified atom stereocenters. The van der Waals surface area contributed by atoms with Crippen LogP contribution in [-0.2, 0) is 0 Å². The largest absolute Gasteiger partial charge is 0.207 e. The zero-order chi connectivity index (χ0) is 11.4. The average Bonchev–Trinajstić information content (AvgIpc) is 2.30. The summed E-state index contributed by atoms with van der Waals surface area (Å²) in [5, 5.41) is 7.77. The summed E-state index contributed by atoms with van der Waals surface area (Å²) in [4.78, 5) is 0. The maximum absolute atomic E-state index is 12.6. The molecule has 0 radical (unpaired) electrons. The minimum Gasteiger partial charge on any atom is -0.207 e. The Labute approximate surface area is 91.3 Å². The van der Waals surface area contributed by atoms with Gasteiger partial charge in [0.15, 0.2) is 0 Å². The highest BCUT2D eigenvalue weighted by molar-refractivity contribution is 5.39. The van der Waals surface area contributed by atoms with Gasteiger partial charge in [-0.3, -0.25) is 0 Å². The SMILES string of the molecule is Fc1ccc(/N=N/c2ccc(F)cc2)cc1. The molecule has 0 aliphatic heterocycles. The topological polar surface area (TPSA) is 24.7 Å². The predicted molar refractivity (Wildman–Crippen MR) is 57.0 cm³/mol. The standard InChI is InChI=1S/C12H8F2N2/c13-9-1-5-11(6-2-9)15-16-12-7-3-10(14)4-8-12/h1-8H/b16-15+. The van der Waals surface area contributed by atoms with E-state index < -0.39 is 0 Å². The van der Waals surface area contributed by atoms with Crippen LogP contribution in [0.15, 0.2) is 58.8 Å². The maximum Gasteiger partial charge on any atom is 0.123 e. The number of halogens is 2. The van der Waals surface area contributed by atoms with Gasteiger partial charge < -0.3 is 0 Å². The lowest BCUT2D eigenvalue weighted by Crippen LogP contribution is -1.70. The second kappa shape index (κ2) is 4.61. The Kier molecular flexibility index (Phi) is 3.00. The third-order valence-corrected chi connectivity index (χ3v) is 1.93. The molecule has 4 heteroatoms. The lowest BCUT2D eigenvalue weighted by molar-refractivity contribution is 0.627. The van der Waals surface area contributed by atoms with Gasteiger partial charge >= 0.3 is 0 Å². The van der Waals surface area contributed by atoms with Crippen molar-refractivity contribution in [3.05, 3.63) is 60.2 Å². The Hall–Kier alpha value is -2.10. The summed E-state index contributed by atoms with van der Waals surface area (Å²) in [6.07, 6.45) is 0. The first-order valence-electron chi connectivity index (χ1n) is 4.67. The fourth-order valence-corrected chi connectivity index (χ4v) is 1.13. The summed E-state index contributed by atoms with van der Waals surface area (Å²) in [5.41, 5.74) is 1.09. The van der Waals surface area contributed by atoms with Gasteiger partial charge in [0, 0.05) is 0 Å². The Morgan fingerprint density at radius 2 is 0.875 bits per heavy atom. The summed E-state index contributed by atoms with van der Waals surface area (Å²) in [6, 6.07) is 11.3. The van der Waals surface area contributed by atoms with Crippen LogP contribution in [0.1, 0.15) is 0 Å². The van der Waals surface area contributed by atoms with Gasteiger partial charge in [-0.05, 0) is 48.5 Å². The molecule has 2 rings (SSSR count). The molecule has 0 fully saturated rings. The van der Waals surface area contributed by atoms with Crippen molar-refractivity contribution in [1.82, 2.24) is 0 Å². The third-order valence-electron chi connectivity index (χ3n) is 1.93. The molecule has 0 aliphatic rings. The minimum absolute atomic E-state index is 0.319. The minimum atomic E-state index is -0.319. The van der Waals surface area contributed by atoms with Crippen molar-refractivity contribution < 1.29 is 8.78 Å². The van der Waals surface area contributed by atoms with Crippen LogP contribution in [0.25, 0.3) is 0 Å².